The van der Waals surface area contributed by atoms with Crippen molar-refractivity contribution in [3.63, 3.8) is 0 Å². The van der Waals surface area contributed by atoms with Crippen molar-refractivity contribution < 1.29 is 4.42 Å². The number of furan rings is 1. The minimum Gasteiger partial charge on any atom is -0.463 e. The smallest absolute Gasteiger partial charge is 0.141 e. The van der Waals surface area contributed by atoms with Crippen molar-refractivity contribution in [2.45, 2.75) is 6.92 Å². The van der Waals surface area contributed by atoms with Crippen LogP contribution in [0.15, 0.2) is 53.4 Å². The van der Waals surface area contributed by atoms with E-state index >= 15 is 0 Å². The zero-order valence-corrected chi connectivity index (χ0v) is 8.97. The third kappa shape index (κ3) is 1.39. The SMILES string of the molecule is Cc1ccc2coc(-c3ccncc3)c2c1. The molecule has 0 N–H and O–H groups in total. The highest BCUT2D eigenvalue weighted by Gasteiger charge is 2.07. The van der Waals surface area contributed by atoms with Gasteiger partial charge in [0.25, 0.3) is 0 Å². The molecule has 3 aromatic rings. The number of aryl methyl sites for hydroxylation is 1. The van der Waals surface area contributed by atoms with Crippen molar-refractivity contribution in [1.82, 2.24) is 4.98 Å². The van der Waals surface area contributed by atoms with Crippen LogP contribution in [0, 0.1) is 6.92 Å². The van der Waals surface area contributed by atoms with Crippen LogP contribution in [-0.2, 0) is 0 Å². The number of rotatable bonds is 1. The lowest BCUT2D eigenvalue weighted by molar-refractivity contribution is 0.587. The molecular weight excluding hydrogens is 198 g/mol. The first-order valence-electron chi connectivity index (χ1n) is 5.23. The van der Waals surface area contributed by atoms with E-state index < -0.39 is 0 Å². The van der Waals surface area contributed by atoms with Gasteiger partial charge in [0.1, 0.15) is 5.76 Å². The van der Waals surface area contributed by atoms with Gasteiger partial charge < -0.3 is 4.42 Å². The highest BCUT2D eigenvalue weighted by Crippen LogP contribution is 2.30. The quantitative estimate of drug-likeness (QED) is 0.609. The Labute approximate surface area is 93.5 Å². The maximum absolute atomic E-state index is 5.63. The predicted molar refractivity (Wildman–Crippen MR) is 64.2 cm³/mol. The maximum atomic E-state index is 5.63. The van der Waals surface area contributed by atoms with Gasteiger partial charge in [-0.15, -0.1) is 0 Å². The molecule has 0 bridgehead atoms. The molecule has 2 heteroatoms. The molecule has 0 unspecified atom stereocenters. The second kappa shape index (κ2) is 3.49. The molecule has 0 amide bonds. The van der Waals surface area contributed by atoms with Crippen molar-refractivity contribution >= 4 is 10.8 Å². The molecule has 0 aliphatic heterocycles. The summed E-state index contributed by atoms with van der Waals surface area (Å²) in [6, 6.07) is 10.2. The van der Waals surface area contributed by atoms with E-state index in [1.807, 2.05) is 12.1 Å². The summed E-state index contributed by atoms with van der Waals surface area (Å²) in [6.07, 6.45) is 5.35. The molecule has 0 aliphatic rings. The summed E-state index contributed by atoms with van der Waals surface area (Å²) in [7, 11) is 0. The first-order valence-corrected chi connectivity index (χ1v) is 5.23. The molecule has 2 nitrogen and oxygen atoms in total. The Morgan fingerprint density at radius 3 is 2.69 bits per heavy atom. The second-order valence-electron chi connectivity index (χ2n) is 3.89. The van der Waals surface area contributed by atoms with Crippen LogP contribution in [0.5, 0.6) is 0 Å². The van der Waals surface area contributed by atoms with Gasteiger partial charge in [-0.2, -0.15) is 0 Å². The Morgan fingerprint density at radius 2 is 1.88 bits per heavy atom. The van der Waals surface area contributed by atoms with Crippen molar-refractivity contribution in [3.05, 3.63) is 54.6 Å². The van der Waals surface area contributed by atoms with Gasteiger partial charge in [-0.05, 0) is 25.1 Å². The number of pyridine rings is 1. The van der Waals surface area contributed by atoms with Crippen LogP contribution in [0.2, 0.25) is 0 Å². The molecule has 0 spiro atoms. The molecule has 2 heterocycles. The number of nitrogens with zero attached hydrogens (tertiary/aromatic N) is 1. The van der Waals surface area contributed by atoms with Gasteiger partial charge in [0, 0.05) is 28.7 Å². The maximum Gasteiger partial charge on any atom is 0.141 e. The third-order valence-corrected chi connectivity index (χ3v) is 2.70. The van der Waals surface area contributed by atoms with Gasteiger partial charge in [0.05, 0.1) is 6.26 Å². The molecule has 0 saturated heterocycles. The summed E-state index contributed by atoms with van der Waals surface area (Å²) in [6.45, 7) is 2.09. The van der Waals surface area contributed by atoms with E-state index in [0.29, 0.717) is 0 Å². The summed E-state index contributed by atoms with van der Waals surface area (Å²) in [5.74, 6) is 0.918. The number of hydrogen-bond donors (Lipinski definition) is 0. The average Bonchev–Trinajstić information content (AvgIpc) is 2.73. The van der Waals surface area contributed by atoms with Gasteiger partial charge >= 0.3 is 0 Å². The van der Waals surface area contributed by atoms with Crippen molar-refractivity contribution in [2.75, 3.05) is 0 Å². The molecule has 0 saturated carbocycles. The lowest BCUT2D eigenvalue weighted by Crippen LogP contribution is -1.77. The van der Waals surface area contributed by atoms with Gasteiger partial charge in [-0.1, -0.05) is 17.7 Å². The highest BCUT2D eigenvalue weighted by atomic mass is 16.3. The van der Waals surface area contributed by atoms with Crippen LogP contribution in [-0.4, -0.2) is 4.98 Å². The van der Waals surface area contributed by atoms with Crippen LogP contribution >= 0.6 is 0 Å². The van der Waals surface area contributed by atoms with Crippen LogP contribution in [0.1, 0.15) is 5.56 Å². The summed E-state index contributed by atoms with van der Waals surface area (Å²) in [5.41, 5.74) is 2.31. The van der Waals surface area contributed by atoms with E-state index in [9.17, 15) is 0 Å². The number of aromatic nitrogens is 1. The first-order chi connectivity index (χ1) is 7.84. The Balaban J connectivity index is 2.29. The second-order valence-corrected chi connectivity index (χ2v) is 3.89. The Hall–Kier alpha value is -2.09. The van der Waals surface area contributed by atoms with Gasteiger partial charge in [-0.25, -0.2) is 0 Å². The molecular formula is C14H11NO. The Bertz CT molecular complexity index is 626. The highest BCUT2D eigenvalue weighted by molar-refractivity contribution is 5.94. The lowest BCUT2D eigenvalue weighted by Gasteiger charge is -1.98. The summed E-state index contributed by atoms with van der Waals surface area (Å²) in [4.78, 5) is 4.01. The zero-order valence-electron chi connectivity index (χ0n) is 8.97. The fraction of sp³-hybridized carbons (Fsp3) is 0.0714. The molecule has 0 aliphatic carbocycles. The minimum atomic E-state index is 0.918. The molecule has 1 aromatic carbocycles. The van der Waals surface area contributed by atoms with Gasteiger partial charge in [0.2, 0.25) is 0 Å². The van der Waals surface area contributed by atoms with Crippen molar-refractivity contribution in [3.8, 4) is 11.3 Å². The zero-order chi connectivity index (χ0) is 11.0. The Morgan fingerprint density at radius 1 is 1.06 bits per heavy atom. The van der Waals surface area contributed by atoms with Crippen LogP contribution < -0.4 is 0 Å². The van der Waals surface area contributed by atoms with Gasteiger partial charge in [-0.3, -0.25) is 4.98 Å². The van der Waals surface area contributed by atoms with E-state index in [0.717, 1.165) is 22.1 Å². The van der Waals surface area contributed by atoms with E-state index in [-0.39, 0.29) is 0 Å². The third-order valence-electron chi connectivity index (χ3n) is 2.70. The molecule has 0 radical (unpaired) electrons. The van der Waals surface area contributed by atoms with E-state index in [2.05, 4.69) is 30.1 Å². The van der Waals surface area contributed by atoms with E-state index in [1.54, 1.807) is 18.7 Å². The number of benzene rings is 1. The predicted octanol–water partition coefficient (Wildman–Crippen LogP) is 3.80. The summed E-state index contributed by atoms with van der Waals surface area (Å²) < 4.78 is 5.63. The van der Waals surface area contributed by atoms with Crippen LogP contribution in [0.3, 0.4) is 0 Å². The fourth-order valence-corrected chi connectivity index (χ4v) is 1.88. The molecule has 2 aromatic heterocycles. The summed E-state index contributed by atoms with van der Waals surface area (Å²) >= 11 is 0. The van der Waals surface area contributed by atoms with Crippen LogP contribution in [0.4, 0.5) is 0 Å². The fourth-order valence-electron chi connectivity index (χ4n) is 1.88. The molecule has 0 fully saturated rings. The van der Waals surface area contributed by atoms with Crippen molar-refractivity contribution in [2.24, 2.45) is 0 Å². The van der Waals surface area contributed by atoms with Crippen molar-refractivity contribution in [1.29, 1.82) is 0 Å². The topological polar surface area (TPSA) is 26.0 Å². The van der Waals surface area contributed by atoms with E-state index in [1.165, 1.54) is 5.56 Å². The minimum absolute atomic E-state index is 0.918. The first kappa shape index (κ1) is 9.16. The number of fused-ring (bicyclic) bond motifs is 1. The standard InChI is InChI=1S/C14H11NO/c1-10-2-3-12-9-16-14(13(12)8-10)11-4-6-15-7-5-11/h2-9H,1H3. The normalized spacial score (nSPS) is 10.8. The average molecular weight is 209 g/mol. The molecule has 16 heavy (non-hydrogen) atoms. The Kier molecular flexibility index (Phi) is 2.00. The van der Waals surface area contributed by atoms with E-state index in [4.69, 9.17) is 4.42 Å². The van der Waals surface area contributed by atoms with Gasteiger partial charge in [0.15, 0.2) is 0 Å². The largest absolute Gasteiger partial charge is 0.463 e. The number of hydrogen-bond acceptors (Lipinski definition) is 2. The molecule has 0 atom stereocenters. The molecule has 78 valence electrons. The van der Waals surface area contributed by atoms with Crippen LogP contribution in [0.25, 0.3) is 22.1 Å². The molecule has 3 rings (SSSR count). The monoisotopic (exact) mass is 209 g/mol. The lowest BCUT2D eigenvalue weighted by atomic mass is 10.1. The summed E-state index contributed by atoms with van der Waals surface area (Å²) in [5, 5.41) is 2.30.